The van der Waals surface area contributed by atoms with Gasteiger partial charge in [0, 0.05) is 40.1 Å². The van der Waals surface area contributed by atoms with Crippen LogP contribution in [0.3, 0.4) is 0 Å². The van der Waals surface area contributed by atoms with Gasteiger partial charge in [-0.2, -0.15) is 0 Å². The molecule has 0 unspecified atom stereocenters. The van der Waals surface area contributed by atoms with E-state index < -0.39 is 0 Å². The van der Waals surface area contributed by atoms with E-state index in [0.29, 0.717) is 11.5 Å². The van der Waals surface area contributed by atoms with Crippen LogP contribution in [-0.2, 0) is 0 Å². The molecule has 0 atom stereocenters. The van der Waals surface area contributed by atoms with Gasteiger partial charge in [0.05, 0.1) is 35.2 Å². The van der Waals surface area contributed by atoms with E-state index in [4.69, 9.17) is 15.0 Å². The van der Waals surface area contributed by atoms with Crippen molar-refractivity contribution < 1.29 is 0 Å². The van der Waals surface area contributed by atoms with Crippen LogP contribution in [-0.4, -0.2) is 24.5 Å². The molecule has 0 spiro atoms. The van der Waals surface area contributed by atoms with Crippen LogP contribution in [0.25, 0.3) is 51.9 Å². The third-order valence-electron chi connectivity index (χ3n) is 7.10. The molecule has 0 aliphatic carbocycles. The molecule has 230 valence electrons. The van der Waals surface area contributed by atoms with Crippen LogP contribution in [0.2, 0.25) is 0 Å². The summed E-state index contributed by atoms with van der Waals surface area (Å²) in [5.41, 5.74) is 9.74. The van der Waals surface area contributed by atoms with Crippen LogP contribution in [0.1, 0.15) is 39.6 Å². The number of pyridine rings is 1. The summed E-state index contributed by atoms with van der Waals surface area (Å²) in [6.07, 6.45) is 8.82. The summed E-state index contributed by atoms with van der Waals surface area (Å²) < 4.78 is 1.94. The normalized spacial score (nSPS) is 10.2. The van der Waals surface area contributed by atoms with E-state index >= 15 is 0 Å². The zero-order valence-electron chi connectivity index (χ0n) is 25.9. The molecule has 3 heterocycles. The molecular weight excluding hydrogens is 564 g/mol. The first-order chi connectivity index (χ1) is 22.1. The van der Waals surface area contributed by atoms with Gasteiger partial charge in [-0.25, -0.2) is 4.98 Å². The molecule has 0 bridgehead atoms. The second-order valence-corrected chi connectivity index (χ2v) is 9.96. The molecule has 0 radical (unpaired) electrons. The lowest BCUT2D eigenvalue weighted by atomic mass is 10.1. The SMILES string of the molecule is C.C=Cc1nc(-c2ccc(-c3cnc(-c4ccc(N(c5ccccc5)c5ccccc5)cc4)cn3)cn2)n(C(=C)C)c1C=C.CC. The molecule has 3 aromatic heterocycles. The zero-order valence-corrected chi connectivity index (χ0v) is 25.9. The maximum Gasteiger partial charge on any atom is 0.164 e. The molecule has 0 saturated heterocycles. The van der Waals surface area contributed by atoms with Gasteiger partial charge >= 0.3 is 0 Å². The monoisotopic (exact) mass is 604 g/mol. The maximum absolute atomic E-state index is 4.72. The Hall–Kier alpha value is -5.88. The predicted octanol–water partition coefficient (Wildman–Crippen LogP) is 11.0. The zero-order chi connectivity index (χ0) is 31.8. The van der Waals surface area contributed by atoms with E-state index in [-0.39, 0.29) is 7.43 Å². The molecule has 0 saturated carbocycles. The molecule has 3 aromatic carbocycles. The summed E-state index contributed by atoms with van der Waals surface area (Å²) in [5, 5.41) is 0. The van der Waals surface area contributed by atoms with Crippen molar-refractivity contribution in [1.29, 1.82) is 0 Å². The Balaban J connectivity index is 0.00000157. The fraction of sp³-hybridized carbons (Fsp3) is 0.100. The molecule has 6 rings (SSSR count). The molecule has 6 nitrogen and oxygen atoms in total. The number of rotatable bonds is 9. The fourth-order valence-electron chi connectivity index (χ4n) is 5.04. The van der Waals surface area contributed by atoms with Gasteiger partial charge in [-0.15, -0.1) is 0 Å². The highest BCUT2D eigenvalue weighted by molar-refractivity contribution is 5.78. The molecule has 46 heavy (non-hydrogen) atoms. The first-order valence-corrected chi connectivity index (χ1v) is 14.9. The van der Waals surface area contributed by atoms with E-state index in [9.17, 15) is 0 Å². The Labute approximate surface area is 272 Å². The molecular formula is C40H40N6. The van der Waals surface area contributed by atoms with E-state index in [1.807, 2.05) is 73.9 Å². The summed E-state index contributed by atoms with van der Waals surface area (Å²) in [4.78, 5) is 21.0. The molecule has 0 amide bonds. The fourth-order valence-corrected chi connectivity index (χ4v) is 5.04. The molecule has 6 heteroatoms. The number of para-hydroxylation sites is 2. The number of benzene rings is 3. The number of allylic oxidation sites excluding steroid dienone is 1. The summed E-state index contributed by atoms with van der Waals surface area (Å²) in [5.74, 6) is 0.687. The highest BCUT2D eigenvalue weighted by Gasteiger charge is 2.17. The summed E-state index contributed by atoms with van der Waals surface area (Å²) in [7, 11) is 0. The quantitative estimate of drug-likeness (QED) is 0.164. The predicted molar refractivity (Wildman–Crippen MR) is 196 cm³/mol. The van der Waals surface area contributed by atoms with Crippen LogP contribution in [0.5, 0.6) is 0 Å². The van der Waals surface area contributed by atoms with Gasteiger partial charge in [0.15, 0.2) is 5.82 Å². The number of aromatic nitrogens is 5. The average molecular weight is 605 g/mol. The number of nitrogens with zero attached hydrogens (tertiary/aromatic N) is 6. The first-order valence-electron chi connectivity index (χ1n) is 14.9. The highest BCUT2D eigenvalue weighted by Crippen LogP contribution is 2.35. The summed E-state index contributed by atoms with van der Waals surface area (Å²) >= 11 is 0. The van der Waals surface area contributed by atoms with E-state index in [1.54, 1.807) is 30.7 Å². The van der Waals surface area contributed by atoms with Gasteiger partial charge in [-0.05, 0) is 67.6 Å². The van der Waals surface area contributed by atoms with Crippen molar-refractivity contribution in [2.45, 2.75) is 28.2 Å². The van der Waals surface area contributed by atoms with E-state index in [2.05, 4.69) is 78.2 Å². The summed E-state index contributed by atoms with van der Waals surface area (Å²) in [6.45, 7) is 17.8. The van der Waals surface area contributed by atoms with Gasteiger partial charge < -0.3 is 4.90 Å². The minimum atomic E-state index is 0. The van der Waals surface area contributed by atoms with Crippen molar-refractivity contribution in [2.24, 2.45) is 0 Å². The number of hydrogen-bond acceptors (Lipinski definition) is 5. The van der Waals surface area contributed by atoms with Gasteiger partial charge in [-0.3, -0.25) is 19.5 Å². The number of imidazole rings is 1. The van der Waals surface area contributed by atoms with Crippen molar-refractivity contribution in [1.82, 2.24) is 24.5 Å². The lowest BCUT2D eigenvalue weighted by Gasteiger charge is -2.25. The van der Waals surface area contributed by atoms with Gasteiger partial charge in [0.1, 0.15) is 5.69 Å². The second kappa shape index (κ2) is 15.2. The van der Waals surface area contributed by atoms with Crippen molar-refractivity contribution >= 4 is 34.9 Å². The third-order valence-corrected chi connectivity index (χ3v) is 7.10. The van der Waals surface area contributed by atoms with Crippen LogP contribution in [0.15, 0.2) is 135 Å². The average Bonchev–Trinajstić information content (AvgIpc) is 3.50. The van der Waals surface area contributed by atoms with E-state index in [0.717, 1.165) is 56.7 Å². The van der Waals surface area contributed by atoms with Gasteiger partial charge in [0.2, 0.25) is 0 Å². The van der Waals surface area contributed by atoms with E-state index in [1.165, 1.54) is 0 Å². The second-order valence-electron chi connectivity index (χ2n) is 9.96. The minimum Gasteiger partial charge on any atom is -0.311 e. The molecule has 0 fully saturated rings. The van der Waals surface area contributed by atoms with Crippen molar-refractivity contribution in [3.05, 3.63) is 147 Å². The molecule has 6 aromatic rings. The molecule has 0 aliphatic heterocycles. The molecule has 0 aliphatic rings. The molecule has 0 N–H and O–H groups in total. The Morgan fingerprint density at radius 2 is 1.13 bits per heavy atom. The third kappa shape index (κ3) is 6.76. The van der Waals surface area contributed by atoms with Crippen molar-refractivity contribution in [2.75, 3.05) is 4.90 Å². The lowest BCUT2D eigenvalue weighted by Crippen LogP contribution is -2.09. The smallest absolute Gasteiger partial charge is 0.164 e. The van der Waals surface area contributed by atoms with Crippen LogP contribution in [0.4, 0.5) is 17.1 Å². The maximum atomic E-state index is 4.72. The van der Waals surface area contributed by atoms with Gasteiger partial charge in [-0.1, -0.05) is 89.5 Å². The summed E-state index contributed by atoms with van der Waals surface area (Å²) in [6, 6.07) is 33.0. The lowest BCUT2D eigenvalue weighted by molar-refractivity contribution is 1.06. The Bertz CT molecular complexity index is 1850. The van der Waals surface area contributed by atoms with Crippen molar-refractivity contribution in [3.8, 4) is 34.0 Å². The first kappa shape index (κ1) is 33.0. The van der Waals surface area contributed by atoms with Crippen LogP contribution in [0, 0.1) is 0 Å². The number of hydrogen-bond donors (Lipinski definition) is 0. The van der Waals surface area contributed by atoms with Crippen LogP contribution < -0.4 is 4.90 Å². The van der Waals surface area contributed by atoms with Gasteiger partial charge in [0.25, 0.3) is 0 Å². The Morgan fingerprint density at radius 1 is 0.630 bits per heavy atom. The minimum absolute atomic E-state index is 0. The topological polar surface area (TPSA) is 59.7 Å². The Morgan fingerprint density at radius 3 is 1.59 bits per heavy atom. The largest absolute Gasteiger partial charge is 0.311 e. The number of anilines is 3. The highest BCUT2D eigenvalue weighted by atomic mass is 15.1. The Kier molecular flexibility index (Phi) is 10.9. The standard InChI is InChI=1S/C37H30N6.C2H6.CH4/c1-5-32-36(6-2)42(26(3)4)37(41-32)33-22-19-28(23-38-33)35-25-39-34(24-40-35)27-17-20-31(21-18-27)43(29-13-9-7-10-14-29)30-15-11-8-12-16-30;1-2;/h5-25H,1-3H2,4H3;1-2H3;1H4. The van der Waals surface area contributed by atoms with Crippen LogP contribution >= 0.6 is 0 Å². The van der Waals surface area contributed by atoms with Crippen molar-refractivity contribution in [3.63, 3.8) is 0 Å².